The lowest BCUT2D eigenvalue weighted by Crippen LogP contribution is -2.51. The summed E-state index contributed by atoms with van der Waals surface area (Å²) in [5.41, 5.74) is 5.09. The molecular weight excluding hydrogens is 376 g/mol. The van der Waals surface area contributed by atoms with Crippen molar-refractivity contribution in [2.24, 2.45) is 17.8 Å². The number of imide groups is 1. The van der Waals surface area contributed by atoms with Gasteiger partial charge < -0.3 is 5.32 Å². The van der Waals surface area contributed by atoms with E-state index < -0.39 is 35.6 Å². The topological polar surface area (TPSA) is 128 Å². The van der Waals surface area contributed by atoms with Crippen molar-refractivity contribution in [1.29, 1.82) is 0 Å². The van der Waals surface area contributed by atoms with E-state index in [1.165, 1.54) is 0 Å². The molecule has 1 fully saturated rings. The molecule has 0 bridgehead atoms. The number of nitrogens with one attached hydrogen (secondary N) is 3. The Morgan fingerprint density at radius 1 is 1.14 bits per heavy atom. The maximum Gasteiger partial charge on any atom is 0.343 e. The Labute approximate surface area is 169 Å². The molecule has 29 heavy (non-hydrogen) atoms. The van der Waals surface area contributed by atoms with Crippen LogP contribution in [0, 0.1) is 17.8 Å². The van der Waals surface area contributed by atoms with Crippen molar-refractivity contribution in [2.75, 3.05) is 6.54 Å². The van der Waals surface area contributed by atoms with Crippen molar-refractivity contribution in [3.8, 4) is 0 Å². The summed E-state index contributed by atoms with van der Waals surface area (Å²) in [7, 11) is 0. The number of carbonyl (C=O) groups is 4. The van der Waals surface area contributed by atoms with Crippen molar-refractivity contribution >= 4 is 23.8 Å². The Kier molecular flexibility index (Phi) is 8.14. The number of benzene rings is 1. The molecule has 4 N–H and O–H groups in total. The molecule has 1 aromatic carbocycles. The summed E-state index contributed by atoms with van der Waals surface area (Å²) in [5, 5.41) is 12.2. The van der Waals surface area contributed by atoms with Gasteiger partial charge in [0.05, 0.1) is 11.8 Å². The van der Waals surface area contributed by atoms with E-state index in [4.69, 9.17) is 0 Å². The standard InChI is InChI=1S/C20H28N4O5/c1-13(2)11-16(18(26)22-24-17(25)12-21-20(24)28)15(19(27)23-29)10-6-9-14-7-4-3-5-8-14/h3-5,7-8,13,15-16,29H,6,9-12H2,1-2H3,(H,21,28)(H,22,26)(H,23,27)/t15-,16?/m0/s1. The molecule has 1 saturated heterocycles. The van der Waals surface area contributed by atoms with Gasteiger partial charge in [0.25, 0.3) is 5.91 Å². The lowest BCUT2D eigenvalue weighted by atomic mass is 9.81. The first-order chi connectivity index (χ1) is 13.8. The predicted molar refractivity (Wildman–Crippen MR) is 104 cm³/mol. The van der Waals surface area contributed by atoms with Gasteiger partial charge >= 0.3 is 6.03 Å². The highest BCUT2D eigenvalue weighted by Crippen LogP contribution is 2.26. The highest BCUT2D eigenvalue weighted by molar-refractivity contribution is 6.03. The van der Waals surface area contributed by atoms with Crippen LogP contribution in [0.25, 0.3) is 0 Å². The maximum atomic E-state index is 12.9. The normalized spacial score (nSPS) is 15.8. The average molecular weight is 404 g/mol. The van der Waals surface area contributed by atoms with E-state index in [-0.39, 0.29) is 12.5 Å². The zero-order valence-corrected chi connectivity index (χ0v) is 16.7. The van der Waals surface area contributed by atoms with E-state index in [0.29, 0.717) is 24.3 Å². The number of rotatable bonds is 10. The minimum absolute atomic E-state index is 0.0805. The number of amides is 5. The molecule has 0 aromatic heterocycles. The Balaban J connectivity index is 2.12. The smallest absolute Gasteiger partial charge is 0.327 e. The molecule has 0 spiro atoms. The van der Waals surface area contributed by atoms with Crippen LogP contribution >= 0.6 is 0 Å². The third kappa shape index (κ3) is 6.28. The van der Waals surface area contributed by atoms with Crippen LogP contribution < -0.4 is 16.2 Å². The first-order valence-corrected chi connectivity index (χ1v) is 9.72. The summed E-state index contributed by atoms with van der Waals surface area (Å²) < 4.78 is 0. The van der Waals surface area contributed by atoms with E-state index in [1.807, 2.05) is 44.2 Å². The minimum atomic E-state index is -0.806. The first-order valence-electron chi connectivity index (χ1n) is 9.72. The highest BCUT2D eigenvalue weighted by Gasteiger charge is 2.37. The predicted octanol–water partition coefficient (Wildman–Crippen LogP) is 1.38. The number of hydrogen-bond donors (Lipinski definition) is 4. The van der Waals surface area contributed by atoms with Crippen LogP contribution in [0.2, 0.25) is 0 Å². The first kappa shape index (κ1) is 22.4. The van der Waals surface area contributed by atoms with Crippen molar-refractivity contribution in [1.82, 2.24) is 21.2 Å². The van der Waals surface area contributed by atoms with Crippen LogP contribution in [-0.4, -0.2) is 40.5 Å². The number of hydrazine groups is 1. The lowest BCUT2D eigenvalue weighted by molar-refractivity contribution is -0.144. The largest absolute Gasteiger partial charge is 0.343 e. The molecule has 1 heterocycles. The fourth-order valence-electron chi connectivity index (χ4n) is 3.46. The molecule has 0 saturated carbocycles. The van der Waals surface area contributed by atoms with Crippen LogP contribution in [0.3, 0.4) is 0 Å². The molecule has 0 radical (unpaired) electrons. The Morgan fingerprint density at radius 3 is 2.38 bits per heavy atom. The molecule has 1 aliphatic heterocycles. The summed E-state index contributed by atoms with van der Waals surface area (Å²) in [5.74, 6) is -3.35. The molecule has 9 heteroatoms. The summed E-state index contributed by atoms with van der Waals surface area (Å²) in [6.07, 6.45) is 2.08. The van der Waals surface area contributed by atoms with Crippen LogP contribution in [0.1, 0.15) is 38.7 Å². The van der Waals surface area contributed by atoms with E-state index >= 15 is 0 Å². The van der Waals surface area contributed by atoms with E-state index in [1.54, 1.807) is 5.48 Å². The van der Waals surface area contributed by atoms with Gasteiger partial charge in [-0.25, -0.2) is 10.3 Å². The third-order valence-corrected chi connectivity index (χ3v) is 4.88. The minimum Gasteiger partial charge on any atom is -0.327 e. The monoisotopic (exact) mass is 404 g/mol. The molecule has 1 aromatic rings. The van der Waals surface area contributed by atoms with Gasteiger partial charge in [0.2, 0.25) is 11.8 Å². The van der Waals surface area contributed by atoms with Crippen LogP contribution in [-0.2, 0) is 20.8 Å². The summed E-state index contributed by atoms with van der Waals surface area (Å²) in [4.78, 5) is 48.7. The second kappa shape index (κ2) is 10.6. The lowest BCUT2D eigenvalue weighted by Gasteiger charge is -2.27. The molecule has 1 unspecified atom stereocenters. The third-order valence-electron chi connectivity index (χ3n) is 4.88. The number of hydrogen-bond acceptors (Lipinski definition) is 5. The summed E-state index contributed by atoms with van der Waals surface area (Å²) in [6.45, 7) is 3.63. The average Bonchev–Trinajstić information content (AvgIpc) is 3.01. The van der Waals surface area contributed by atoms with E-state index in [9.17, 15) is 24.4 Å². The molecule has 158 valence electrons. The quantitative estimate of drug-likeness (QED) is 0.266. The molecule has 2 rings (SSSR count). The highest BCUT2D eigenvalue weighted by atomic mass is 16.5. The van der Waals surface area contributed by atoms with Gasteiger partial charge in [0.1, 0.15) is 6.54 Å². The Hall–Kier alpha value is -2.94. The van der Waals surface area contributed by atoms with Crippen molar-refractivity contribution in [2.45, 2.75) is 39.5 Å². The fraction of sp³-hybridized carbons (Fsp3) is 0.500. The van der Waals surface area contributed by atoms with Gasteiger partial charge in [-0.05, 0) is 37.2 Å². The van der Waals surface area contributed by atoms with Gasteiger partial charge in [-0.2, -0.15) is 5.01 Å². The van der Waals surface area contributed by atoms with E-state index in [0.717, 1.165) is 12.0 Å². The van der Waals surface area contributed by atoms with Gasteiger partial charge in [-0.3, -0.25) is 25.0 Å². The fourth-order valence-corrected chi connectivity index (χ4v) is 3.46. The number of aryl methyl sites for hydroxylation is 1. The molecule has 0 aliphatic carbocycles. The molecule has 2 atom stereocenters. The van der Waals surface area contributed by atoms with Crippen LogP contribution in [0.4, 0.5) is 4.79 Å². The molecule has 5 amide bonds. The Morgan fingerprint density at radius 2 is 1.83 bits per heavy atom. The van der Waals surface area contributed by atoms with Gasteiger partial charge in [-0.1, -0.05) is 44.2 Å². The maximum absolute atomic E-state index is 12.9. The number of urea groups is 1. The molecular formula is C20H28N4O5. The van der Waals surface area contributed by atoms with E-state index in [2.05, 4.69) is 10.7 Å². The SMILES string of the molecule is CC(C)CC(C(=O)NN1C(=O)CNC1=O)[C@H](CCCc1ccccc1)C(=O)NO. The van der Waals surface area contributed by atoms with Crippen molar-refractivity contribution in [3.05, 3.63) is 35.9 Å². The number of carbonyl (C=O) groups excluding carboxylic acids is 4. The molecule has 9 nitrogen and oxygen atoms in total. The molecule has 1 aliphatic rings. The number of nitrogens with zero attached hydrogens (tertiary/aromatic N) is 1. The van der Waals surface area contributed by atoms with Gasteiger partial charge in [-0.15, -0.1) is 0 Å². The van der Waals surface area contributed by atoms with Gasteiger partial charge in [0, 0.05) is 0 Å². The summed E-state index contributed by atoms with van der Waals surface area (Å²) >= 11 is 0. The summed E-state index contributed by atoms with van der Waals surface area (Å²) in [6, 6.07) is 9.04. The zero-order valence-electron chi connectivity index (χ0n) is 16.7. The van der Waals surface area contributed by atoms with Crippen molar-refractivity contribution < 1.29 is 24.4 Å². The van der Waals surface area contributed by atoms with Gasteiger partial charge in [0.15, 0.2) is 0 Å². The Bertz CT molecular complexity index is 722. The van der Waals surface area contributed by atoms with Crippen LogP contribution in [0.5, 0.6) is 0 Å². The zero-order chi connectivity index (χ0) is 21.4. The second-order valence-electron chi connectivity index (χ2n) is 7.56. The van der Waals surface area contributed by atoms with Crippen LogP contribution in [0.15, 0.2) is 30.3 Å². The van der Waals surface area contributed by atoms with Crippen molar-refractivity contribution in [3.63, 3.8) is 0 Å². The number of hydroxylamine groups is 1. The second-order valence-corrected chi connectivity index (χ2v) is 7.56.